The number of hydrogen-bond acceptors (Lipinski definition) is 3. The van der Waals surface area contributed by atoms with Crippen molar-refractivity contribution in [3.8, 4) is 0 Å². The molecule has 0 radical (unpaired) electrons. The van der Waals surface area contributed by atoms with E-state index in [0.29, 0.717) is 6.42 Å². The SMILES string of the molecule is CCCCC[C@H](CO)NS(=O)(=O)c1ccc(C)cc1. The molecule has 4 nitrogen and oxygen atoms in total. The molecule has 1 aromatic carbocycles. The summed E-state index contributed by atoms with van der Waals surface area (Å²) in [5.41, 5.74) is 1.01. The Hall–Kier alpha value is -0.910. The van der Waals surface area contributed by atoms with Gasteiger partial charge in [-0.15, -0.1) is 0 Å². The number of unbranched alkanes of at least 4 members (excludes halogenated alkanes) is 2. The number of aliphatic hydroxyl groups is 1. The second-order valence-corrected chi connectivity index (χ2v) is 6.52. The van der Waals surface area contributed by atoms with Crippen molar-refractivity contribution in [1.82, 2.24) is 4.72 Å². The lowest BCUT2D eigenvalue weighted by Crippen LogP contribution is -2.37. The van der Waals surface area contributed by atoms with Crippen LogP contribution in [0.15, 0.2) is 29.2 Å². The first-order valence-electron chi connectivity index (χ1n) is 6.69. The molecule has 0 bridgehead atoms. The fourth-order valence-electron chi connectivity index (χ4n) is 1.83. The molecule has 0 fully saturated rings. The molecule has 0 aliphatic rings. The zero-order chi connectivity index (χ0) is 14.3. The van der Waals surface area contributed by atoms with Crippen molar-refractivity contribution in [2.45, 2.75) is 50.5 Å². The molecule has 0 spiro atoms. The minimum absolute atomic E-state index is 0.172. The lowest BCUT2D eigenvalue weighted by atomic mass is 10.1. The van der Waals surface area contributed by atoms with Gasteiger partial charge in [-0.1, -0.05) is 43.9 Å². The summed E-state index contributed by atoms with van der Waals surface area (Å²) in [7, 11) is -3.54. The third kappa shape index (κ3) is 5.30. The number of rotatable bonds is 8. The molecule has 0 aliphatic heterocycles. The largest absolute Gasteiger partial charge is 0.395 e. The maximum Gasteiger partial charge on any atom is 0.240 e. The molecule has 1 rings (SSSR count). The van der Waals surface area contributed by atoms with Crippen LogP contribution in [0, 0.1) is 6.92 Å². The molecule has 0 unspecified atom stereocenters. The van der Waals surface area contributed by atoms with Crippen molar-refractivity contribution in [1.29, 1.82) is 0 Å². The number of hydrogen-bond donors (Lipinski definition) is 2. The van der Waals surface area contributed by atoms with E-state index in [9.17, 15) is 13.5 Å². The van der Waals surface area contributed by atoms with Crippen LogP contribution < -0.4 is 4.72 Å². The topological polar surface area (TPSA) is 66.4 Å². The average molecular weight is 285 g/mol. The molecule has 19 heavy (non-hydrogen) atoms. The van der Waals surface area contributed by atoms with E-state index >= 15 is 0 Å². The highest BCUT2D eigenvalue weighted by molar-refractivity contribution is 7.89. The van der Waals surface area contributed by atoms with Gasteiger partial charge in [0.25, 0.3) is 0 Å². The first-order valence-corrected chi connectivity index (χ1v) is 8.17. The fraction of sp³-hybridized carbons (Fsp3) is 0.571. The standard InChI is InChI=1S/C14H23NO3S/c1-3-4-5-6-13(11-16)15-19(17,18)14-9-7-12(2)8-10-14/h7-10,13,15-16H,3-6,11H2,1-2H3/t13-/m1/s1. The van der Waals surface area contributed by atoms with E-state index in [1.807, 2.05) is 6.92 Å². The quantitative estimate of drug-likeness (QED) is 0.720. The molecule has 0 saturated heterocycles. The van der Waals surface area contributed by atoms with E-state index in [4.69, 9.17) is 0 Å². The minimum atomic E-state index is -3.54. The molecule has 0 saturated carbocycles. The van der Waals surface area contributed by atoms with Gasteiger partial charge in [-0.05, 0) is 25.5 Å². The Morgan fingerprint density at radius 2 is 1.84 bits per heavy atom. The van der Waals surface area contributed by atoms with Gasteiger partial charge >= 0.3 is 0 Å². The highest BCUT2D eigenvalue weighted by atomic mass is 32.2. The maximum absolute atomic E-state index is 12.1. The predicted octanol–water partition coefficient (Wildman–Crippen LogP) is 2.21. The molecule has 0 aliphatic carbocycles. The second-order valence-electron chi connectivity index (χ2n) is 4.81. The molecule has 1 aromatic rings. The van der Waals surface area contributed by atoms with Crippen LogP contribution in [0.25, 0.3) is 0 Å². The third-order valence-electron chi connectivity index (χ3n) is 3.03. The van der Waals surface area contributed by atoms with Crippen molar-refractivity contribution < 1.29 is 13.5 Å². The first kappa shape index (κ1) is 16.1. The molecule has 1 atom stereocenters. The summed E-state index contributed by atoms with van der Waals surface area (Å²) in [5, 5.41) is 9.25. The van der Waals surface area contributed by atoms with E-state index in [1.165, 1.54) is 0 Å². The zero-order valence-electron chi connectivity index (χ0n) is 11.6. The lowest BCUT2D eigenvalue weighted by Gasteiger charge is -2.16. The summed E-state index contributed by atoms with van der Waals surface area (Å²) in [6.07, 6.45) is 3.69. The van der Waals surface area contributed by atoms with Crippen molar-refractivity contribution >= 4 is 10.0 Å². The number of aryl methyl sites for hydroxylation is 1. The van der Waals surface area contributed by atoms with Gasteiger partial charge in [0.1, 0.15) is 0 Å². The summed E-state index contributed by atoms with van der Waals surface area (Å²) in [5.74, 6) is 0. The molecular formula is C14H23NO3S. The highest BCUT2D eigenvalue weighted by Gasteiger charge is 2.18. The van der Waals surface area contributed by atoms with Crippen LogP contribution in [-0.4, -0.2) is 26.2 Å². The Morgan fingerprint density at radius 3 is 2.37 bits per heavy atom. The van der Waals surface area contributed by atoms with E-state index < -0.39 is 16.1 Å². The average Bonchev–Trinajstić information content (AvgIpc) is 2.38. The van der Waals surface area contributed by atoms with Crippen molar-refractivity contribution in [2.24, 2.45) is 0 Å². The van der Waals surface area contributed by atoms with E-state index in [1.54, 1.807) is 24.3 Å². The van der Waals surface area contributed by atoms with Crippen LogP contribution in [-0.2, 0) is 10.0 Å². The predicted molar refractivity (Wildman–Crippen MR) is 76.5 cm³/mol. The van der Waals surface area contributed by atoms with Crippen molar-refractivity contribution in [3.05, 3.63) is 29.8 Å². The Kier molecular flexibility index (Phi) is 6.48. The molecule has 108 valence electrons. The highest BCUT2D eigenvalue weighted by Crippen LogP contribution is 2.12. The van der Waals surface area contributed by atoms with E-state index in [0.717, 1.165) is 24.8 Å². The van der Waals surface area contributed by atoms with E-state index in [-0.39, 0.29) is 11.5 Å². The summed E-state index contributed by atoms with van der Waals surface area (Å²) in [6.45, 7) is 3.82. The lowest BCUT2D eigenvalue weighted by molar-refractivity contribution is 0.248. The van der Waals surface area contributed by atoms with Crippen LogP contribution in [0.2, 0.25) is 0 Å². The number of sulfonamides is 1. The summed E-state index contributed by atoms with van der Waals surface area (Å²) < 4.78 is 26.8. The van der Waals surface area contributed by atoms with Gasteiger partial charge in [0.05, 0.1) is 11.5 Å². The third-order valence-corrected chi connectivity index (χ3v) is 4.57. The van der Waals surface area contributed by atoms with Gasteiger partial charge in [0, 0.05) is 6.04 Å². The molecular weight excluding hydrogens is 262 g/mol. The summed E-state index contributed by atoms with van der Waals surface area (Å²) in [6, 6.07) is 6.29. The van der Waals surface area contributed by atoms with E-state index in [2.05, 4.69) is 11.6 Å². The smallest absolute Gasteiger partial charge is 0.240 e. The normalized spacial score (nSPS) is 13.4. The van der Waals surface area contributed by atoms with Crippen molar-refractivity contribution in [3.63, 3.8) is 0 Å². The maximum atomic E-state index is 12.1. The van der Waals surface area contributed by atoms with Gasteiger partial charge in [-0.2, -0.15) is 0 Å². The van der Waals surface area contributed by atoms with Crippen LogP contribution in [0.4, 0.5) is 0 Å². The Bertz CT molecular complexity index is 468. The Balaban J connectivity index is 2.69. The molecule has 5 heteroatoms. The molecule has 0 heterocycles. The Labute approximate surface area is 115 Å². The van der Waals surface area contributed by atoms with Crippen LogP contribution >= 0.6 is 0 Å². The zero-order valence-corrected chi connectivity index (χ0v) is 12.4. The summed E-state index contributed by atoms with van der Waals surface area (Å²) >= 11 is 0. The number of aliphatic hydroxyl groups excluding tert-OH is 1. The number of benzene rings is 1. The van der Waals surface area contributed by atoms with Gasteiger partial charge in [0.2, 0.25) is 10.0 Å². The molecule has 0 aromatic heterocycles. The second kappa shape index (κ2) is 7.62. The molecule has 0 amide bonds. The summed E-state index contributed by atoms with van der Waals surface area (Å²) in [4.78, 5) is 0.243. The fourth-order valence-corrected chi connectivity index (χ4v) is 3.09. The Morgan fingerprint density at radius 1 is 1.21 bits per heavy atom. The minimum Gasteiger partial charge on any atom is -0.395 e. The van der Waals surface area contributed by atoms with Gasteiger partial charge in [-0.3, -0.25) is 0 Å². The number of nitrogens with one attached hydrogen (secondary N) is 1. The van der Waals surface area contributed by atoms with Gasteiger partial charge in [0.15, 0.2) is 0 Å². The first-order chi connectivity index (χ1) is 8.99. The van der Waals surface area contributed by atoms with Crippen LogP contribution in [0.5, 0.6) is 0 Å². The van der Waals surface area contributed by atoms with Crippen LogP contribution in [0.1, 0.15) is 38.2 Å². The monoisotopic (exact) mass is 285 g/mol. The van der Waals surface area contributed by atoms with Crippen molar-refractivity contribution in [2.75, 3.05) is 6.61 Å². The van der Waals surface area contributed by atoms with Gasteiger partial charge < -0.3 is 5.11 Å². The molecule has 2 N–H and O–H groups in total. The van der Waals surface area contributed by atoms with Gasteiger partial charge in [-0.25, -0.2) is 13.1 Å². The van der Waals surface area contributed by atoms with Crippen LogP contribution in [0.3, 0.4) is 0 Å².